The molecule has 3 aromatic rings. The molecular formula is C20H20N2O3. The van der Waals surface area contributed by atoms with Crippen molar-refractivity contribution in [1.82, 2.24) is 9.97 Å². The molecule has 0 aliphatic rings. The quantitative estimate of drug-likeness (QED) is 0.622. The molecule has 0 N–H and O–H groups in total. The Bertz CT molecular complexity index is 800. The molecule has 0 aliphatic carbocycles. The molecule has 0 radical (unpaired) electrons. The van der Waals surface area contributed by atoms with Crippen molar-refractivity contribution in [1.29, 1.82) is 0 Å². The van der Waals surface area contributed by atoms with Gasteiger partial charge in [0.15, 0.2) is 5.76 Å². The molecular weight excluding hydrogens is 316 g/mol. The molecule has 0 fully saturated rings. The lowest BCUT2D eigenvalue weighted by Gasteiger charge is -2.13. The average molecular weight is 336 g/mol. The maximum absolute atomic E-state index is 11.6. The number of hydrogen-bond acceptors (Lipinski definition) is 5. The van der Waals surface area contributed by atoms with E-state index < -0.39 is 6.10 Å². The van der Waals surface area contributed by atoms with Crippen molar-refractivity contribution in [3.8, 4) is 11.5 Å². The molecule has 0 amide bonds. The molecule has 128 valence electrons. The van der Waals surface area contributed by atoms with E-state index in [9.17, 15) is 4.79 Å². The van der Waals surface area contributed by atoms with Crippen LogP contribution in [0.1, 0.15) is 30.9 Å². The first kappa shape index (κ1) is 17.0. The summed E-state index contributed by atoms with van der Waals surface area (Å²) in [5.41, 5.74) is 1.89. The molecule has 5 nitrogen and oxygen atoms in total. The van der Waals surface area contributed by atoms with Crippen molar-refractivity contribution in [3.63, 3.8) is 0 Å². The Balaban J connectivity index is 1.68. The van der Waals surface area contributed by atoms with Crippen molar-refractivity contribution in [2.24, 2.45) is 0 Å². The third-order valence-electron chi connectivity index (χ3n) is 3.74. The predicted molar refractivity (Wildman–Crippen MR) is 93.9 cm³/mol. The van der Waals surface area contributed by atoms with E-state index >= 15 is 0 Å². The number of hydrogen-bond donors (Lipinski definition) is 0. The number of pyridine rings is 1. The van der Waals surface area contributed by atoms with Gasteiger partial charge in [0.25, 0.3) is 0 Å². The van der Waals surface area contributed by atoms with Gasteiger partial charge in [-0.3, -0.25) is 9.78 Å². The van der Waals surface area contributed by atoms with Crippen LogP contribution < -0.4 is 0 Å². The summed E-state index contributed by atoms with van der Waals surface area (Å²) in [6, 6.07) is 15.6. The normalized spacial score (nSPS) is 12.0. The van der Waals surface area contributed by atoms with Crippen LogP contribution in [0.4, 0.5) is 0 Å². The number of oxazole rings is 1. The highest BCUT2D eigenvalue weighted by atomic mass is 16.5. The number of nitrogens with zero attached hydrogens (tertiary/aromatic N) is 2. The van der Waals surface area contributed by atoms with Gasteiger partial charge in [0.2, 0.25) is 5.89 Å². The Hall–Kier alpha value is -2.79. The summed E-state index contributed by atoms with van der Waals surface area (Å²) in [7, 11) is 0. The van der Waals surface area contributed by atoms with Gasteiger partial charge < -0.3 is 9.15 Å². The summed E-state index contributed by atoms with van der Waals surface area (Å²) in [5, 5.41) is 0. The predicted octanol–water partition coefficient (Wildman–Crippen LogP) is 4.02. The van der Waals surface area contributed by atoms with Gasteiger partial charge in [-0.05, 0) is 31.0 Å². The Morgan fingerprint density at radius 2 is 1.92 bits per heavy atom. The molecule has 2 aromatic heterocycles. The lowest BCUT2D eigenvalue weighted by atomic mass is 10.1. The number of benzene rings is 1. The van der Waals surface area contributed by atoms with E-state index in [0.29, 0.717) is 24.0 Å². The molecule has 0 saturated carbocycles. The minimum Gasteiger partial charge on any atom is -0.436 e. The molecule has 1 aromatic carbocycles. The van der Waals surface area contributed by atoms with Crippen LogP contribution in [0.5, 0.6) is 0 Å². The zero-order valence-electron chi connectivity index (χ0n) is 14.1. The minimum atomic E-state index is -0.487. The fourth-order valence-corrected chi connectivity index (χ4v) is 2.51. The number of carbonyl (C=O) groups is 1. The fourth-order valence-electron chi connectivity index (χ4n) is 2.51. The molecule has 5 heteroatoms. The van der Waals surface area contributed by atoms with E-state index in [1.165, 1.54) is 12.5 Å². The first-order valence-corrected chi connectivity index (χ1v) is 8.24. The topological polar surface area (TPSA) is 65.2 Å². The smallest absolute Gasteiger partial charge is 0.224 e. The van der Waals surface area contributed by atoms with Crippen molar-refractivity contribution < 1.29 is 13.9 Å². The molecule has 0 spiro atoms. The van der Waals surface area contributed by atoms with Crippen molar-refractivity contribution in [3.05, 3.63) is 72.4 Å². The highest BCUT2D eigenvalue weighted by Gasteiger charge is 2.21. The number of ketones is 1. The summed E-state index contributed by atoms with van der Waals surface area (Å²) in [5.74, 6) is 1.00. The summed E-state index contributed by atoms with van der Waals surface area (Å²) in [6.45, 7) is 2.03. The Morgan fingerprint density at radius 3 is 2.64 bits per heavy atom. The van der Waals surface area contributed by atoms with Crippen molar-refractivity contribution in [2.75, 3.05) is 6.61 Å². The van der Waals surface area contributed by atoms with Crippen LogP contribution >= 0.6 is 0 Å². The van der Waals surface area contributed by atoms with Crippen LogP contribution in [-0.4, -0.2) is 22.4 Å². The lowest BCUT2D eigenvalue weighted by Crippen LogP contribution is -2.11. The Morgan fingerprint density at radius 1 is 1.12 bits per heavy atom. The second kappa shape index (κ2) is 8.35. The zero-order valence-corrected chi connectivity index (χ0v) is 14.1. The maximum atomic E-state index is 11.6. The molecule has 25 heavy (non-hydrogen) atoms. The molecule has 3 rings (SSSR count). The third kappa shape index (κ3) is 4.84. The van der Waals surface area contributed by atoms with Gasteiger partial charge in [0, 0.05) is 12.6 Å². The van der Waals surface area contributed by atoms with Gasteiger partial charge in [-0.1, -0.05) is 36.4 Å². The Labute approximate surface area is 146 Å². The summed E-state index contributed by atoms with van der Waals surface area (Å²) in [6.07, 6.45) is 3.82. The SMILES string of the molecule is CC(=O)CC(OCCc1ccccc1)c1ncc(-c2ccccn2)o1. The molecule has 1 atom stereocenters. The molecule has 0 bridgehead atoms. The van der Waals surface area contributed by atoms with E-state index in [-0.39, 0.29) is 12.2 Å². The van der Waals surface area contributed by atoms with Crippen LogP contribution in [0, 0.1) is 0 Å². The lowest BCUT2D eigenvalue weighted by molar-refractivity contribution is -0.120. The van der Waals surface area contributed by atoms with E-state index in [2.05, 4.69) is 9.97 Å². The van der Waals surface area contributed by atoms with E-state index in [0.717, 1.165) is 6.42 Å². The third-order valence-corrected chi connectivity index (χ3v) is 3.74. The van der Waals surface area contributed by atoms with E-state index in [1.54, 1.807) is 12.4 Å². The highest BCUT2D eigenvalue weighted by Crippen LogP contribution is 2.26. The van der Waals surface area contributed by atoms with Crippen LogP contribution in [0.25, 0.3) is 11.5 Å². The monoisotopic (exact) mass is 336 g/mol. The van der Waals surface area contributed by atoms with Crippen LogP contribution in [0.15, 0.2) is 65.3 Å². The zero-order chi connectivity index (χ0) is 17.5. The number of ether oxygens (including phenoxy) is 1. The van der Waals surface area contributed by atoms with Crippen LogP contribution in [0.3, 0.4) is 0 Å². The number of aromatic nitrogens is 2. The number of carbonyl (C=O) groups excluding carboxylic acids is 1. The summed E-state index contributed by atoms with van der Waals surface area (Å²) >= 11 is 0. The minimum absolute atomic E-state index is 0.0299. The number of Topliss-reactive ketones (excluding diaryl/α,β-unsaturated/α-hetero) is 1. The molecule has 1 unspecified atom stereocenters. The summed E-state index contributed by atoms with van der Waals surface area (Å²) in [4.78, 5) is 20.1. The van der Waals surface area contributed by atoms with Gasteiger partial charge in [0.05, 0.1) is 12.8 Å². The van der Waals surface area contributed by atoms with Crippen molar-refractivity contribution in [2.45, 2.75) is 25.9 Å². The maximum Gasteiger partial charge on any atom is 0.224 e. The first-order chi connectivity index (χ1) is 12.2. The second-order valence-electron chi connectivity index (χ2n) is 5.78. The van der Waals surface area contributed by atoms with E-state index in [1.807, 2.05) is 48.5 Å². The van der Waals surface area contributed by atoms with Gasteiger partial charge in [-0.2, -0.15) is 0 Å². The van der Waals surface area contributed by atoms with Crippen LogP contribution in [-0.2, 0) is 16.0 Å². The fraction of sp³-hybridized carbons (Fsp3) is 0.250. The second-order valence-corrected chi connectivity index (χ2v) is 5.78. The highest BCUT2D eigenvalue weighted by molar-refractivity contribution is 5.76. The van der Waals surface area contributed by atoms with Crippen molar-refractivity contribution >= 4 is 5.78 Å². The largest absolute Gasteiger partial charge is 0.436 e. The molecule has 0 saturated heterocycles. The molecule has 0 aliphatic heterocycles. The Kier molecular flexibility index (Phi) is 5.69. The first-order valence-electron chi connectivity index (χ1n) is 8.24. The van der Waals surface area contributed by atoms with Gasteiger partial charge in [-0.25, -0.2) is 4.98 Å². The van der Waals surface area contributed by atoms with E-state index in [4.69, 9.17) is 9.15 Å². The van der Waals surface area contributed by atoms with Gasteiger partial charge in [0.1, 0.15) is 17.6 Å². The molecule has 2 heterocycles. The standard InChI is InChI=1S/C20H20N2O3/c1-15(23)13-18(24-12-10-16-7-3-2-4-8-16)20-22-14-19(25-20)17-9-5-6-11-21-17/h2-9,11,14,18H,10,12-13H2,1H3. The van der Waals surface area contributed by atoms with Gasteiger partial charge >= 0.3 is 0 Å². The van der Waals surface area contributed by atoms with Crippen LogP contribution in [0.2, 0.25) is 0 Å². The number of rotatable bonds is 8. The average Bonchev–Trinajstić information content (AvgIpc) is 3.12. The summed E-state index contributed by atoms with van der Waals surface area (Å²) < 4.78 is 11.7. The van der Waals surface area contributed by atoms with Gasteiger partial charge in [-0.15, -0.1) is 0 Å².